The summed E-state index contributed by atoms with van der Waals surface area (Å²) in [5.74, 6) is 0.209. The van der Waals surface area contributed by atoms with Crippen molar-refractivity contribution in [2.45, 2.75) is 38.8 Å². The number of benzene rings is 1. The van der Waals surface area contributed by atoms with Crippen molar-refractivity contribution in [2.75, 3.05) is 20.1 Å². The first-order valence-electron chi connectivity index (χ1n) is 7.57. The molecule has 1 aromatic rings. The molecule has 1 aliphatic heterocycles. The maximum absolute atomic E-state index is 12.4. The molecule has 0 radical (unpaired) electrons. The highest BCUT2D eigenvalue weighted by molar-refractivity contribution is 5.78. The van der Waals surface area contributed by atoms with E-state index in [9.17, 15) is 4.79 Å². The molecule has 0 aromatic heterocycles. The fourth-order valence-electron chi connectivity index (χ4n) is 2.90. The first-order chi connectivity index (χ1) is 10.1. The van der Waals surface area contributed by atoms with Crippen LogP contribution in [0, 0.1) is 11.3 Å². The molecule has 1 atom stereocenters. The highest BCUT2D eigenvalue weighted by atomic mass is 16.2. The number of likely N-dealkylation sites (N-methyl/N-ethyl adjacent to an activating group) is 1. The number of hydrogen-bond acceptors (Lipinski definition) is 3. The first-order valence-corrected chi connectivity index (χ1v) is 7.57. The van der Waals surface area contributed by atoms with Gasteiger partial charge < -0.3 is 4.90 Å². The summed E-state index contributed by atoms with van der Waals surface area (Å²) in [6.07, 6.45) is 3.45. The van der Waals surface area contributed by atoms with Crippen molar-refractivity contribution in [1.29, 1.82) is 5.26 Å². The van der Waals surface area contributed by atoms with Crippen molar-refractivity contribution in [1.82, 2.24) is 9.80 Å². The molecule has 112 valence electrons. The third-order valence-electron chi connectivity index (χ3n) is 4.04. The van der Waals surface area contributed by atoms with E-state index in [1.165, 1.54) is 6.42 Å². The first kappa shape index (κ1) is 15.5. The van der Waals surface area contributed by atoms with Crippen LogP contribution in [-0.4, -0.2) is 41.9 Å². The van der Waals surface area contributed by atoms with Gasteiger partial charge in [0, 0.05) is 19.1 Å². The number of nitrogens with zero attached hydrogens (tertiary/aromatic N) is 3. The molecule has 1 saturated heterocycles. The second-order valence-electron chi connectivity index (χ2n) is 5.92. The van der Waals surface area contributed by atoms with E-state index in [1.54, 1.807) is 6.07 Å². The number of carbonyl (C=O) groups is 1. The van der Waals surface area contributed by atoms with E-state index in [0.717, 1.165) is 24.9 Å². The van der Waals surface area contributed by atoms with Crippen LogP contribution < -0.4 is 0 Å². The van der Waals surface area contributed by atoms with E-state index in [2.05, 4.69) is 13.0 Å². The van der Waals surface area contributed by atoms with Crippen LogP contribution in [0.4, 0.5) is 0 Å². The van der Waals surface area contributed by atoms with Gasteiger partial charge in [-0.1, -0.05) is 12.1 Å². The lowest BCUT2D eigenvalue weighted by atomic mass is 10.0. The largest absolute Gasteiger partial charge is 0.339 e. The maximum atomic E-state index is 12.4. The summed E-state index contributed by atoms with van der Waals surface area (Å²) in [5.41, 5.74) is 1.73. The van der Waals surface area contributed by atoms with Gasteiger partial charge in [0.1, 0.15) is 0 Å². The molecule has 21 heavy (non-hydrogen) atoms. The standard InChI is InChI=1S/C17H23N3O/c1-14-6-3-4-9-20(14)17(21)13-19(2)12-16-8-5-7-15(10-16)11-18/h5,7-8,10,14H,3-4,6,9,12-13H2,1-2H3/t14-/m0/s1. The van der Waals surface area contributed by atoms with E-state index in [-0.39, 0.29) is 5.91 Å². The van der Waals surface area contributed by atoms with Crippen molar-refractivity contribution >= 4 is 5.91 Å². The number of amides is 1. The highest BCUT2D eigenvalue weighted by Crippen LogP contribution is 2.16. The third kappa shape index (κ3) is 4.30. The van der Waals surface area contributed by atoms with Gasteiger partial charge in [-0.05, 0) is 50.9 Å². The summed E-state index contributed by atoms with van der Waals surface area (Å²) in [6.45, 7) is 4.13. The Hall–Kier alpha value is -1.86. The van der Waals surface area contributed by atoms with Crippen LogP contribution in [0.3, 0.4) is 0 Å². The predicted octanol–water partition coefficient (Wildman–Crippen LogP) is 2.39. The molecule has 1 heterocycles. The second-order valence-corrected chi connectivity index (χ2v) is 5.92. The summed E-state index contributed by atoms with van der Waals surface area (Å²) < 4.78 is 0. The van der Waals surface area contributed by atoms with Gasteiger partial charge in [0.05, 0.1) is 18.2 Å². The molecule has 0 unspecified atom stereocenters. The fraction of sp³-hybridized carbons (Fsp3) is 0.529. The van der Waals surface area contributed by atoms with E-state index in [0.29, 0.717) is 24.7 Å². The molecule has 0 N–H and O–H groups in total. The Labute approximate surface area is 127 Å². The fourth-order valence-corrected chi connectivity index (χ4v) is 2.90. The minimum absolute atomic E-state index is 0.209. The van der Waals surface area contributed by atoms with Gasteiger partial charge in [-0.25, -0.2) is 0 Å². The summed E-state index contributed by atoms with van der Waals surface area (Å²) in [4.78, 5) is 16.4. The molecular weight excluding hydrogens is 262 g/mol. The van der Waals surface area contributed by atoms with Gasteiger partial charge in [0.25, 0.3) is 0 Å². The molecule has 1 aromatic carbocycles. The molecule has 1 fully saturated rings. The van der Waals surface area contributed by atoms with Crippen molar-refractivity contribution < 1.29 is 4.79 Å². The minimum atomic E-state index is 0.209. The Bertz CT molecular complexity index is 535. The zero-order valence-corrected chi connectivity index (χ0v) is 12.9. The number of piperidine rings is 1. The van der Waals surface area contributed by atoms with Crippen molar-refractivity contribution in [3.8, 4) is 6.07 Å². The van der Waals surface area contributed by atoms with Gasteiger partial charge in [-0.3, -0.25) is 9.69 Å². The van der Waals surface area contributed by atoms with Crippen LogP contribution >= 0.6 is 0 Å². The number of rotatable bonds is 4. The third-order valence-corrected chi connectivity index (χ3v) is 4.04. The van der Waals surface area contributed by atoms with Crippen LogP contribution in [0.5, 0.6) is 0 Å². The molecule has 2 rings (SSSR count). The monoisotopic (exact) mass is 285 g/mol. The molecule has 1 amide bonds. The lowest BCUT2D eigenvalue weighted by Gasteiger charge is -2.34. The average molecular weight is 285 g/mol. The lowest BCUT2D eigenvalue weighted by molar-refractivity contribution is -0.135. The van der Waals surface area contributed by atoms with E-state index in [1.807, 2.05) is 35.0 Å². The zero-order chi connectivity index (χ0) is 15.2. The van der Waals surface area contributed by atoms with Crippen LogP contribution in [-0.2, 0) is 11.3 Å². The molecular formula is C17H23N3O. The minimum Gasteiger partial charge on any atom is -0.339 e. The van der Waals surface area contributed by atoms with E-state index in [4.69, 9.17) is 5.26 Å². The number of likely N-dealkylation sites (tertiary alicyclic amines) is 1. The number of nitriles is 1. The van der Waals surface area contributed by atoms with Gasteiger partial charge in [0.15, 0.2) is 0 Å². The van der Waals surface area contributed by atoms with Gasteiger partial charge in [-0.15, -0.1) is 0 Å². The normalized spacial score (nSPS) is 18.6. The molecule has 0 bridgehead atoms. The Kier molecular flexibility index (Phi) is 5.35. The molecule has 0 aliphatic carbocycles. The molecule has 4 nitrogen and oxygen atoms in total. The second kappa shape index (κ2) is 7.24. The van der Waals surface area contributed by atoms with Gasteiger partial charge in [-0.2, -0.15) is 5.26 Å². The average Bonchev–Trinajstić information content (AvgIpc) is 2.47. The SMILES string of the molecule is C[C@H]1CCCCN1C(=O)CN(C)Cc1cccc(C#N)c1. The van der Waals surface area contributed by atoms with Gasteiger partial charge >= 0.3 is 0 Å². The van der Waals surface area contributed by atoms with Crippen LogP contribution in [0.25, 0.3) is 0 Å². The van der Waals surface area contributed by atoms with E-state index < -0.39 is 0 Å². The molecule has 4 heteroatoms. The van der Waals surface area contributed by atoms with Crippen molar-refractivity contribution in [2.24, 2.45) is 0 Å². The predicted molar refractivity (Wildman–Crippen MR) is 82.5 cm³/mol. The smallest absolute Gasteiger partial charge is 0.236 e. The topological polar surface area (TPSA) is 47.3 Å². The summed E-state index contributed by atoms with van der Waals surface area (Å²) in [6, 6.07) is 10.1. The Morgan fingerprint density at radius 2 is 2.29 bits per heavy atom. The summed E-state index contributed by atoms with van der Waals surface area (Å²) in [5, 5.41) is 8.92. The zero-order valence-electron chi connectivity index (χ0n) is 12.9. The Balaban J connectivity index is 1.90. The van der Waals surface area contributed by atoms with Crippen molar-refractivity contribution in [3.05, 3.63) is 35.4 Å². The maximum Gasteiger partial charge on any atom is 0.236 e. The van der Waals surface area contributed by atoms with Gasteiger partial charge in [0.2, 0.25) is 5.91 Å². The Morgan fingerprint density at radius 3 is 3.00 bits per heavy atom. The van der Waals surface area contributed by atoms with E-state index >= 15 is 0 Å². The molecule has 0 saturated carbocycles. The van der Waals surface area contributed by atoms with Crippen LogP contribution in [0.2, 0.25) is 0 Å². The van der Waals surface area contributed by atoms with Crippen LogP contribution in [0.15, 0.2) is 24.3 Å². The van der Waals surface area contributed by atoms with Crippen LogP contribution in [0.1, 0.15) is 37.3 Å². The molecule has 0 spiro atoms. The Morgan fingerprint density at radius 1 is 1.48 bits per heavy atom. The highest BCUT2D eigenvalue weighted by Gasteiger charge is 2.23. The summed E-state index contributed by atoms with van der Waals surface area (Å²) >= 11 is 0. The van der Waals surface area contributed by atoms with Crippen molar-refractivity contribution in [3.63, 3.8) is 0 Å². The number of hydrogen-bond donors (Lipinski definition) is 0. The lowest BCUT2D eigenvalue weighted by Crippen LogP contribution is -2.46. The quantitative estimate of drug-likeness (QED) is 0.853. The number of carbonyl (C=O) groups excluding carboxylic acids is 1. The summed E-state index contributed by atoms with van der Waals surface area (Å²) in [7, 11) is 1.95. The molecule has 1 aliphatic rings.